The number of hydrogen-bond acceptors (Lipinski definition) is 5. The Bertz CT molecular complexity index is 1320. The number of imidazole rings is 1. The lowest BCUT2D eigenvalue weighted by Gasteiger charge is -1.98. The average Bonchev–Trinajstić information content (AvgIpc) is 3.07. The van der Waals surface area contributed by atoms with E-state index in [0.717, 1.165) is 22.2 Å². The molecule has 6 nitrogen and oxygen atoms in total. The predicted octanol–water partition coefficient (Wildman–Crippen LogP) is 3.74. The van der Waals surface area contributed by atoms with Crippen molar-refractivity contribution in [3.63, 3.8) is 0 Å². The van der Waals surface area contributed by atoms with Crippen molar-refractivity contribution in [3.8, 4) is 0 Å². The monoisotopic (exact) mass is 429 g/mol. The van der Waals surface area contributed by atoms with Gasteiger partial charge < -0.3 is 0 Å². The minimum absolute atomic E-state index is 0.0377. The van der Waals surface area contributed by atoms with Crippen molar-refractivity contribution in [2.45, 2.75) is 13.8 Å². The molecule has 4 rings (SSSR count). The molecule has 0 fully saturated rings. The van der Waals surface area contributed by atoms with Crippen LogP contribution < -0.4 is 10.1 Å². The molecular weight excluding hydrogens is 418 g/mol. The molecule has 0 bridgehead atoms. The minimum atomic E-state index is -0.459. The number of aromatic nitrogens is 2. The molecular formula is C18H12BrN3O3S. The standard InChI is InChI=1S/C18H12BrN3O3S/c1-9-5-10(2)16-14(6-9)21-17(23)15(26-18(21)20-16)8-11-3-4-12(19)13(7-11)22(24)25/h3-8H,1-2H3. The topological polar surface area (TPSA) is 77.5 Å². The van der Waals surface area contributed by atoms with E-state index in [2.05, 4.69) is 20.9 Å². The smallest absolute Gasteiger partial charge is 0.267 e. The molecule has 130 valence electrons. The third-order valence-electron chi connectivity index (χ3n) is 4.14. The van der Waals surface area contributed by atoms with Crippen LogP contribution >= 0.6 is 27.3 Å². The van der Waals surface area contributed by atoms with Crippen molar-refractivity contribution in [3.05, 3.63) is 76.5 Å². The van der Waals surface area contributed by atoms with Crippen molar-refractivity contribution >= 4 is 55.0 Å². The van der Waals surface area contributed by atoms with Crippen LogP contribution in [0.2, 0.25) is 0 Å². The van der Waals surface area contributed by atoms with Crippen LogP contribution in [-0.4, -0.2) is 14.3 Å². The second-order valence-electron chi connectivity index (χ2n) is 6.06. The lowest BCUT2D eigenvalue weighted by Crippen LogP contribution is -2.22. The molecule has 0 radical (unpaired) electrons. The van der Waals surface area contributed by atoms with Gasteiger partial charge in [-0.05, 0) is 64.7 Å². The summed E-state index contributed by atoms with van der Waals surface area (Å²) >= 11 is 4.44. The second kappa shape index (κ2) is 6.00. The van der Waals surface area contributed by atoms with Gasteiger partial charge in [0.25, 0.3) is 11.2 Å². The zero-order valence-electron chi connectivity index (χ0n) is 13.8. The maximum Gasteiger partial charge on any atom is 0.284 e. The van der Waals surface area contributed by atoms with E-state index in [9.17, 15) is 14.9 Å². The molecule has 0 saturated carbocycles. The summed E-state index contributed by atoms with van der Waals surface area (Å²) in [6, 6.07) is 8.77. The first-order valence-corrected chi connectivity index (χ1v) is 9.34. The number of thiazole rings is 1. The molecule has 0 aliphatic carbocycles. The van der Waals surface area contributed by atoms with Gasteiger partial charge in [0.2, 0.25) is 0 Å². The molecule has 0 spiro atoms. The van der Waals surface area contributed by atoms with Crippen LogP contribution in [0.25, 0.3) is 22.1 Å². The van der Waals surface area contributed by atoms with Crippen molar-refractivity contribution in [2.24, 2.45) is 0 Å². The lowest BCUT2D eigenvalue weighted by atomic mass is 10.1. The Kier molecular flexibility index (Phi) is 3.89. The Balaban J connectivity index is 1.97. The van der Waals surface area contributed by atoms with E-state index in [1.807, 2.05) is 26.0 Å². The molecule has 2 aromatic carbocycles. The van der Waals surface area contributed by atoms with E-state index in [0.29, 0.717) is 19.5 Å². The molecule has 2 aromatic heterocycles. The molecule has 0 amide bonds. The van der Waals surface area contributed by atoms with E-state index in [-0.39, 0.29) is 11.2 Å². The van der Waals surface area contributed by atoms with Crippen molar-refractivity contribution in [1.82, 2.24) is 9.38 Å². The Labute approximate surface area is 159 Å². The number of nitro groups is 1. The number of benzene rings is 2. The number of hydrogen-bond donors (Lipinski definition) is 0. The Morgan fingerprint density at radius 2 is 2.04 bits per heavy atom. The van der Waals surface area contributed by atoms with Crippen molar-refractivity contribution in [1.29, 1.82) is 0 Å². The quantitative estimate of drug-likeness (QED) is 0.359. The van der Waals surface area contributed by atoms with Gasteiger partial charge >= 0.3 is 0 Å². The van der Waals surface area contributed by atoms with Crippen LogP contribution in [0.4, 0.5) is 5.69 Å². The maximum atomic E-state index is 12.9. The number of nitrogens with zero attached hydrogens (tertiary/aromatic N) is 3. The van der Waals surface area contributed by atoms with E-state index in [1.54, 1.807) is 22.6 Å². The molecule has 0 atom stereocenters. The van der Waals surface area contributed by atoms with Crippen LogP contribution in [0.15, 0.2) is 39.6 Å². The summed E-state index contributed by atoms with van der Waals surface area (Å²) in [5, 5.41) is 11.1. The first-order chi connectivity index (χ1) is 12.3. The number of aryl methyl sites for hydroxylation is 2. The number of rotatable bonds is 2. The van der Waals surface area contributed by atoms with E-state index < -0.39 is 4.92 Å². The summed E-state index contributed by atoms with van der Waals surface area (Å²) in [5.41, 5.74) is 4.11. The molecule has 8 heteroatoms. The average molecular weight is 430 g/mol. The van der Waals surface area contributed by atoms with E-state index >= 15 is 0 Å². The molecule has 26 heavy (non-hydrogen) atoms. The summed E-state index contributed by atoms with van der Waals surface area (Å²) in [6.07, 6.45) is 1.66. The highest BCUT2D eigenvalue weighted by molar-refractivity contribution is 9.10. The highest BCUT2D eigenvalue weighted by atomic mass is 79.9. The normalized spacial score (nSPS) is 12.3. The molecule has 0 unspecified atom stereocenters. The van der Waals surface area contributed by atoms with Gasteiger partial charge in [0, 0.05) is 6.07 Å². The first-order valence-electron chi connectivity index (χ1n) is 7.73. The molecule has 2 heterocycles. The summed E-state index contributed by atoms with van der Waals surface area (Å²) in [5.74, 6) is 0. The molecule has 4 aromatic rings. The number of nitro benzene ring substituents is 1. The van der Waals surface area contributed by atoms with Gasteiger partial charge in [0.1, 0.15) is 0 Å². The van der Waals surface area contributed by atoms with Crippen LogP contribution in [-0.2, 0) is 0 Å². The highest BCUT2D eigenvalue weighted by Crippen LogP contribution is 2.26. The van der Waals surface area contributed by atoms with E-state index in [4.69, 9.17) is 0 Å². The van der Waals surface area contributed by atoms with Gasteiger partial charge in [-0.3, -0.25) is 14.9 Å². The second-order valence-corrected chi connectivity index (χ2v) is 7.93. The summed E-state index contributed by atoms with van der Waals surface area (Å²) < 4.78 is 2.50. The lowest BCUT2D eigenvalue weighted by molar-refractivity contribution is -0.385. The van der Waals surface area contributed by atoms with Gasteiger partial charge in [-0.1, -0.05) is 23.5 Å². The van der Waals surface area contributed by atoms with Gasteiger partial charge in [-0.2, -0.15) is 0 Å². The fourth-order valence-corrected chi connectivity index (χ4v) is 4.39. The SMILES string of the molecule is Cc1cc(C)c2nc3sc(=Cc4ccc(Br)c([N+](=O)[O-])c4)c(=O)n3c2c1. The third-order valence-corrected chi connectivity index (χ3v) is 5.78. The van der Waals surface area contributed by atoms with Crippen molar-refractivity contribution < 1.29 is 4.92 Å². The maximum absolute atomic E-state index is 12.9. The van der Waals surface area contributed by atoms with Crippen LogP contribution in [0, 0.1) is 24.0 Å². The number of halogens is 1. The van der Waals surface area contributed by atoms with Crippen LogP contribution in [0.1, 0.15) is 16.7 Å². The Morgan fingerprint density at radius 3 is 2.77 bits per heavy atom. The zero-order valence-corrected chi connectivity index (χ0v) is 16.2. The van der Waals surface area contributed by atoms with E-state index in [1.165, 1.54) is 17.4 Å². The fourth-order valence-electron chi connectivity index (χ4n) is 3.02. The summed E-state index contributed by atoms with van der Waals surface area (Å²) in [4.78, 5) is 28.7. The Morgan fingerprint density at radius 1 is 1.27 bits per heavy atom. The van der Waals surface area contributed by atoms with Gasteiger partial charge in [-0.25, -0.2) is 9.38 Å². The Hall–Kier alpha value is -2.58. The van der Waals surface area contributed by atoms with Gasteiger partial charge in [0.15, 0.2) is 4.96 Å². The summed E-state index contributed by atoms with van der Waals surface area (Å²) in [7, 11) is 0. The van der Waals surface area contributed by atoms with Gasteiger partial charge in [-0.15, -0.1) is 0 Å². The molecule has 0 saturated heterocycles. The molecule has 0 aliphatic rings. The minimum Gasteiger partial charge on any atom is -0.267 e. The summed E-state index contributed by atoms with van der Waals surface area (Å²) in [6.45, 7) is 3.96. The highest BCUT2D eigenvalue weighted by Gasteiger charge is 2.14. The third kappa shape index (κ3) is 2.62. The largest absolute Gasteiger partial charge is 0.284 e. The number of fused-ring (bicyclic) bond motifs is 3. The first kappa shape index (κ1) is 16.9. The predicted molar refractivity (Wildman–Crippen MR) is 106 cm³/mol. The molecule has 0 N–H and O–H groups in total. The van der Waals surface area contributed by atoms with Gasteiger partial charge in [0.05, 0.1) is 25.0 Å². The van der Waals surface area contributed by atoms with Crippen molar-refractivity contribution in [2.75, 3.05) is 0 Å². The fraction of sp³-hybridized carbons (Fsp3) is 0.111. The van der Waals surface area contributed by atoms with Crippen LogP contribution in [0.5, 0.6) is 0 Å². The van der Waals surface area contributed by atoms with Crippen LogP contribution in [0.3, 0.4) is 0 Å². The zero-order chi connectivity index (χ0) is 18.6. The molecule has 0 aliphatic heterocycles.